The fraction of sp³-hybridized carbons (Fsp3) is 0.722. The van der Waals surface area contributed by atoms with Crippen LogP contribution in [0.4, 0.5) is 0 Å². The number of methoxy groups -OCH3 is 1. The Labute approximate surface area is 136 Å². The van der Waals surface area contributed by atoms with E-state index in [1.54, 1.807) is 12.2 Å². The molecule has 23 heavy (non-hydrogen) atoms. The Morgan fingerprint density at radius 1 is 1.13 bits per heavy atom. The number of fused-ring (bicyclic) bond motifs is 2. The summed E-state index contributed by atoms with van der Waals surface area (Å²) in [4.78, 5) is 37.0. The Balaban J connectivity index is 1.66. The molecular weight excluding hydrogens is 296 g/mol. The van der Waals surface area contributed by atoms with Crippen LogP contribution in [0.5, 0.6) is 0 Å². The average molecular weight is 320 g/mol. The number of esters is 2. The summed E-state index contributed by atoms with van der Waals surface area (Å²) in [5.41, 5.74) is -1.26. The molecule has 3 unspecified atom stereocenters. The predicted octanol–water partition coefficient (Wildman–Crippen LogP) is 2.58. The smallest absolute Gasteiger partial charge is 0.323 e. The van der Waals surface area contributed by atoms with E-state index in [9.17, 15) is 14.4 Å². The topological polar surface area (TPSA) is 69.7 Å². The molecule has 0 radical (unpaired) electrons. The van der Waals surface area contributed by atoms with Crippen LogP contribution in [0, 0.1) is 17.3 Å². The van der Waals surface area contributed by atoms with Gasteiger partial charge in [-0.15, -0.1) is 0 Å². The number of hydrogen-bond acceptors (Lipinski definition) is 5. The van der Waals surface area contributed by atoms with E-state index in [0.717, 1.165) is 25.7 Å². The van der Waals surface area contributed by atoms with Gasteiger partial charge in [0.25, 0.3) is 0 Å². The van der Waals surface area contributed by atoms with E-state index in [-0.39, 0.29) is 24.3 Å². The van der Waals surface area contributed by atoms with Crippen molar-refractivity contribution in [1.82, 2.24) is 0 Å². The van der Waals surface area contributed by atoms with Crippen molar-refractivity contribution in [2.45, 2.75) is 57.5 Å². The number of allylic oxidation sites excluding steroid dienone is 1. The first-order chi connectivity index (χ1) is 11.1. The zero-order chi connectivity index (χ0) is 16.4. The standard InChI is InChI=1S/C18H24O5/c1-22-17(21)18-10-9-13(15(18)19)14(11-18)16(20)23-12-7-5-3-2-4-6-8-12/h9-10,12-14H,2-8,11H2,1H3. The second-order valence-electron chi connectivity index (χ2n) is 6.93. The van der Waals surface area contributed by atoms with Crippen molar-refractivity contribution < 1.29 is 23.9 Å². The largest absolute Gasteiger partial charge is 0.468 e. The van der Waals surface area contributed by atoms with Gasteiger partial charge in [0, 0.05) is 0 Å². The van der Waals surface area contributed by atoms with Crippen LogP contribution in [0.25, 0.3) is 0 Å². The number of ketones is 1. The molecule has 0 spiro atoms. The van der Waals surface area contributed by atoms with Crippen LogP contribution in [0.15, 0.2) is 12.2 Å². The molecule has 0 amide bonds. The van der Waals surface area contributed by atoms with Crippen molar-refractivity contribution >= 4 is 17.7 Å². The van der Waals surface area contributed by atoms with Crippen LogP contribution in [-0.4, -0.2) is 30.9 Å². The van der Waals surface area contributed by atoms with Crippen molar-refractivity contribution in [3.63, 3.8) is 0 Å². The first-order valence-electron chi connectivity index (χ1n) is 8.61. The summed E-state index contributed by atoms with van der Waals surface area (Å²) in [5.74, 6) is -2.19. The SMILES string of the molecule is COC(=O)C12C=CC(C1=O)C(C(=O)OC1CCCCCCC1)C2. The van der Waals surface area contributed by atoms with E-state index >= 15 is 0 Å². The van der Waals surface area contributed by atoms with Gasteiger partial charge in [0.05, 0.1) is 18.9 Å². The van der Waals surface area contributed by atoms with Crippen molar-refractivity contribution in [2.75, 3.05) is 7.11 Å². The number of Topliss-reactive ketones (excluding diaryl/α,β-unsaturated/α-hetero) is 1. The maximum absolute atomic E-state index is 12.5. The van der Waals surface area contributed by atoms with Gasteiger partial charge in [-0.1, -0.05) is 31.4 Å². The van der Waals surface area contributed by atoms with E-state index < -0.39 is 23.2 Å². The molecule has 0 saturated heterocycles. The first kappa shape index (κ1) is 16.2. The third-order valence-corrected chi connectivity index (χ3v) is 5.49. The minimum atomic E-state index is -1.26. The van der Waals surface area contributed by atoms with Crippen molar-refractivity contribution in [3.05, 3.63) is 12.2 Å². The van der Waals surface area contributed by atoms with Crippen LogP contribution >= 0.6 is 0 Å². The molecule has 3 aliphatic rings. The van der Waals surface area contributed by atoms with Gasteiger partial charge in [-0.3, -0.25) is 14.4 Å². The average Bonchev–Trinajstić information content (AvgIpc) is 3.00. The second kappa shape index (κ2) is 6.46. The van der Waals surface area contributed by atoms with Crippen LogP contribution in [-0.2, 0) is 23.9 Å². The summed E-state index contributed by atoms with van der Waals surface area (Å²) in [6, 6.07) is 0. The Morgan fingerprint density at radius 2 is 1.78 bits per heavy atom. The van der Waals surface area contributed by atoms with E-state index in [0.29, 0.717) is 0 Å². The summed E-state index contributed by atoms with van der Waals surface area (Å²) < 4.78 is 10.5. The minimum Gasteiger partial charge on any atom is -0.468 e. The molecule has 0 aromatic rings. The van der Waals surface area contributed by atoms with Crippen LogP contribution in [0.2, 0.25) is 0 Å². The highest BCUT2D eigenvalue weighted by molar-refractivity contribution is 6.13. The summed E-state index contributed by atoms with van der Waals surface area (Å²) in [7, 11) is 1.27. The molecule has 0 aromatic carbocycles. The number of ether oxygens (including phenoxy) is 2. The molecule has 0 aliphatic heterocycles. The summed E-state index contributed by atoms with van der Waals surface area (Å²) in [5, 5.41) is 0. The van der Waals surface area contributed by atoms with E-state index in [2.05, 4.69) is 0 Å². The molecule has 126 valence electrons. The Kier molecular flexibility index (Phi) is 4.55. The van der Waals surface area contributed by atoms with Gasteiger partial charge in [0.1, 0.15) is 11.5 Å². The molecule has 3 rings (SSSR count). The lowest BCUT2D eigenvalue weighted by molar-refractivity contribution is -0.156. The van der Waals surface area contributed by atoms with Gasteiger partial charge in [0.2, 0.25) is 0 Å². The summed E-state index contributed by atoms with van der Waals surface area (Å²) in [6.45, 7) is 0. The van der Waals surface area contributed by atoms with Gasteiger partial charge < -0.3 is 9.47 Å². The predicted molar refractivity (Wildman–Crippen MR) is 82.4 cm³/mol. The first-order valence-corrected chi connectivity index (χ1v) is 8.61. The number of carbonyl (C=O) groups is 3. The molecule has 0 aromatic heterocycles. The van der Waals surface area contributed by atoms with E-state index in [4.69, 9.17) is 9.47 Å². The fourth-order valence-electron chi connectivity index (χ4n) is 4.15. The van der Waals surface area contributed by atoms with Gasteiger partial charge in [-0.25, -0.2) is 0 Å². The fourth-order valence-corrected chi connectivity index (χ4v) is 4.15. The Bertz CT molecular complexity index is 530. The van der Waals surface area contributed by atoms with Gasteiger partial charge in [-0.2, -0.15) is 0 Å². The molecule has 3 atom stereocenters. The maximum atomic E-state index is 12.5. The van der Waals surface area contributed by atoms with Crippen LogP contribution in [0.3, 0.4) is 0 Å². The monoisotopic (exact) mass is 320 g/mol. The van der Waals surface area contributed by atoms with Gasteiger partial charge in [-0.05, 0) is 32.1 Å². The third-order valence-electron chi connectivity index (χ3n) is 5.49. The quantitative estimate of drug-likeness (QED) is 0.454. The van der Waals surface area contributed by atoms with Crippen molar-refractivity contribution in [3.8, 4) is 0 Å². The van der Waals surface area contributed by atoms with Gasteiger partial charge >= 0.3 is 11.9 Å². The number of hydrogen-bond donors (Lipinski definition) is 0. The molecule has 5 heteroatoms. The highest BCUT2D eigenvalue weighted by Gasteiger charge is 2.62. The second-order valence-corrected chi connectivity index (χ2v) is 6.93. The lowest BCUT2D eigenvalue weighted by atomic mass is 9.84. The van der Waals surface area contributed by atoms with Crippen molar-refractivity contribution in [2.24, 2.45) is 17.3 Å². The molecule has 3 aliphatic carbocycles. The molecule has 0 N–H and O–H groups in total. The molecule has 5 nitrogen and oxygen atoms in total. The molecule has 2 bridgehead atoms. The Morgan fingerprint density at radius 3 is 2.43 bits per heavy atom. The molecule has 2 saturated carbocycles. The zero-order valence-electron chi connectivity index (χ0n) is 13.6. The maximum Gasteiger partial charge on any atom is 0.323 e. The normalized spacial score (nSPS) is 34.0. The molecule has 0 heterocycles. The van der Waals surface area contributed by atoms with E-state index in [1.165, 1.54) is 26.4 Å². The zero-order valence-corrected chi connectivity index (χ0v) is 13.6. The number of carbonyl (C=O) groups excluding carboxylic acids is 3. The van der Waals surface area contributed by atoms with Gasteiger partial charge in [0.15, 0.2) is 5.78 Å². The number of rotatable bonds is 3. The highest BCUT2D eigenvalue weighted by atomic mass is 16.5. The molecular formula is C18H24O5. The lowest BCUT2D eigenvalue weighted by Gasteiger charge is -2.24. The summed E-state index contributed by atoms with van der Waals surface area (Å²) >= 11 is 0. The van der Waals surface area contributed by atoms with Crippen LogP contribution in [0.1, 0.15) is 51.4 Å². The van der Waals surface area contributed by atoms with Crippen molar-refractivity contribution in [1.29, 1.82) is 0 Å². The van der Waals surface area contributed by atoms with Crippen LogP contribution < -0.4 is 0 Å². The van der Waals surface area contributed by atoms with E-state index in [1.807, 2.05) is 0 Å². The summed E-state index contributed by atoms with van der Waals surface area (Å²) in [6.07, 6.45) is 11.0. The Hall–Kier alpha value is -1.65. The highest BCUT2D eigenvalue weighted by Crippen LogP contribution is 2.50. The molecule has 2 fully saturated rings. The minimum absolute atomic E-state index is 0.0462. The third kappa shape index (κ3) is 2.81. The lowest BCUT2D eigenvalue weighted by Crippen LogP contribution is -2.33.